The molecule has 2 N–H and O–H groups in total. The smallest absolute Gasteiger partial charge is 0.126 e. The lowest BCUT2D eigenvalue weighted by Crippen LogP contribution is -2.27. The molecule has 1 aliphatic rings. The van der Waals surface area contributed by atoms with Crippen LogP contribution in [0.15, 0.2) is 24.3 Å². The molecule has 1 aromatic carbocycles. The number of hydrogen-bond acceptors (Lipinski definition) is 1. The largest absolute Gasteiger partial charge is 0.330 e. The van der Waals surface area contributed by atoms with E-state index in [1.165, 1.54) is 32.1 Å². The first-order valence-corrected chi connectivity index (χ1v) is 6.74. The fourth-order valence-corrected chi connectivity index (χ4v) is 2.99. The Morgan fingerprint density at radius 1 is 1.18 bits per heavy atom. The molecular formula is C15H22FN. The highest BCUT2D eigenvalue weighted by molar-refractivity contribution is 5.18. The Labute approximate surface area is 103 Å². The minimum atomic E-state index is -0.0817. The first-order chi connectivity index (χ1) is 8.31. The zero-order valence-electron chi connectivity index (χ0n) is 10.4. The van der Waals surface area contributed by atoms with Gasteiger partial charge in [-0.25, -0.2) is 4.39 Å². The summed E-state index contributed by atoms with van der Waals surface area (Å²) in [5.41, 5.74) is 6.71. The van der Waals surface area contributed by atoms with Gasteiger partial charge >= 0.3 is 0 Å². The van der Waals surface area contributed by atoms with Gasteiger partial charge in [-0.15, -0.1) is 0 Å². The highest BCUT2D eigenvalue weighted by atomic mass is 19.1. The summed E-state index contributed by atoms with van der Waals surface area (Å²) in [6.07, 6.45) is 7.34. The fraction of sp³-hybridized carbons (Fsp3) is 0.600. The van der Waals surface area contributed by atoms with Gasteiger partial charge in [-0.3, -0.25) is 0 Å². The topological polar surface area (TPSA) is 26.0 Å². The van der Waals surface area contributed by atoms with E-state index in [9.17, 15) is 4.39 Å². The zero-order chi connectivity index (χ0) is 12.1. The molecule has 0 aliphatic heterocycles. The lowest BCUT2D eigenvalue weighted by molar-refractivity contribution is 0.250. The van der Waals surface area contributed by atoms with Crippen LogP contribution in [0, 0.1) is 17.7 Å². The molecule has 1 unspecified atom stereocenters. The number of nitrogens with two attached hydrogens (primary N) is 1. The monoisotopic (exact) mass is 235 g/mol. The molecule has 2 rings (SSSR count). The van der Waals surface area contributed by atoms with Gasteiger partial charge < -0.3 is 5.73 Å². The first kappa shape index (κ1) is 12.6. The Morgan fingerprint density at radius 3 is 2.53 bits per heavy atom. The molecule has 1 fully saturated rings. The van der Waals surface area contributed by atoms with E-state index in [0.29, 0.717) is 18.4 Å². The Balaban J connectivity index is 2.01. The number of benzene rings is 1. The van der Waals surface area contributed by atoms with Gasteiger partial charge in [0.05, 0.1) is 0 Å². The van der Waals surface area contributed by atoms with Crippen molar-refractivity contribution < 1.29 is 4.39 Å². The second-order valence-corrected chi connectivity index (χ2v) is 5.19. The molecule has 1 nitrogen and oxygen atoms in total. The Kier molecular flexibility index (Phi) is 4.55. The third-order valence-corrected chi connectivity index (χ3v) is 4.06. The number of halogens is 1. The predicted octanol–water partition coefficient (Wildman–Crippen LogP) is 3.52. The van der Waals surface area contributed by atoms with Gasteiger partial charge in [0, 0.05) is 0 Å². The van der Waals surface area contributed by atoms with E-state index in [0.717, 1.165) is 12.0 Å². The summed E-state index contributed by atoms with van der Waals surface area (Å²) >= 11 is 0. The Morgan fingerprint density at radius 2 is 1.88 bits per heavy atom. The maximum atomic E-state index is 13.6. The van der Waals surface area contributed by atoms with Gasteiger partial charge in [0.15, 0.2) is 0 Å². The maximum Gasteiger partial charge on any atom is 0.126 e. The van der Waals surface area contributed by atoms with Gasteiger partial charge in [-0.2, -0.15) is 0 Å². The van der Waals surface area contributed by atoms with Crippen LogP contribution >= 0.6 is 0 Å². The average molecular weight is 235 g/mol. The van der Waals surface area contributed by atoms with Crippen molar-refractivity contribution in [3.05, 3.63) is 35.6 Å². The normalized spacial score (nSPS) is 19.2. The molecule has 17 heavy (non-hydrogen) atoms. The Hall–Kier alpha value is -0.890. The quantitative estimate of drug-likeness (QED) is 0.849. The molecule has 1 saturated carbocycles. The van der Waals surface area contributed by atoms with Crippen molar-refractivity contribution in [2.75, 3.05) is 6.54 Å². The molecule has 0 amide bonds. The molecule has 0 spiro atoms. The summed E-state index contributed by atoms with van der Waals surface area (Å²) in [4.78, 5) is 0. The van der Waals surface area contributed by atoms with Crippen LogP contribution in [0.4, 0.5) is 4.39 Å². The standard InChI is InChI=1S/C15H22FN/c16-15-9-5-4-8-13(15)10-14(11-17)12-6-2-1-3-7-12/h4-5,8-9,12,14H,1-3,6-7,10-11,17H2. The van der Waals surface area contributed by atoms with Gasteiger partial charge in [-0.1, -0.05) is 50.3 Å². The molecule has 0 bridgehead atoms. The van der Waals surface area contributed by atoms with Crippen molar-refractivity contribution in [1.82, 2.24) is 0 Å². The van der Waals surface area contributed by atoms with Crippen LogP contribution in [0.1, 0.15) is 37.7 Å². The molecule has 94 valence electrons. The highest BCUT2D eigenvalue weighted by Gasteiger charge is 2.23. The molecular weight excluding hydrogens is 213 g/mol. The molecule has 1 aliphatic carbocycles. The zero-order valence-corrected chi connectivity index (χ0v) is 10.4. The van der Waals surface area contributed by atoms with E-state index in [1.54, 1.807) is 12.1 Å². The van der Waals surface area contributed by atoms with Crippen LogP contribution in [-0.2, 0) is 6.42 Å². The van der Waals surface area contributed by atoms with Crippen LogP contribution in [-0.4, -0.2) is 6.54 Å². The second kappa shape index (κ2) is 6.15. The molecule has 0 saturated heterocycles. The van der Waals surface area contributed by atoms with Crippen LogP contribution in [0.3, 0.4) is 0 Å². The van der Waals surface area contributed by atoms with Crippen molar-refractivity contribution in [1.29, 1.82) is 0 Å². The first-order valence-electron chi connectivity index (χ1n) is 6.74. The van der Waals surface area contributed by atoms with E-state index in [-0.39, 0.29) is 5.82 Å². The third kappa shape index (κ3) is 3.29. The van der Waals surface area contributed by atoms with Gasteiger partial charge in [0.25, 0.3) is 0 Å². The van der Waals surface area contributed by atoms with Crippen molar-refractivity contribution in [2.24, 2.45) is 17.6 Å². The molecule has 0 heterocycles. The fourth-order valence-electron chi connectivity index (χ4n) is 2.99. The summed E-state index contributed by atoms with van der Waals surface area (Å²) in [5.74, 6) is 1.07. The second-order valence-electron chi connectivity index (χ2n) is 5.19. The van der Waals surface area contributed by atoms with Gasteiger partial charge in [0.1, 0.15) is 5.82 Å². The van der Waals surface area contributed by atoms with Crippen LogP contribution in [0.25, 0.3) is 0 Å². The minimum absolute atomic E-state index is 0.0817. The highest BCUT2D eigenvalue weighted by Crippen LogP contribution is 2.31. The summed E-state index contributed by atoms with van der Waals surface area (Å²) in [5, 5.41) is 0. The van der Waals surface area contributed by atoms with Crippen molar-refractivity contribution in [2.45, 2.75) is 38.5 Å². The maximum absolute atomic E-state index is 13.6. The molecule has 1 aromatic rings. The van der Waals surface area contributed by atoms with Crippen molar-refractivity contribution in [3.8, 4) is 0 Å². The predicted molar refractivity (Wildman–Crippen MR) is 69.2 cm³/mol. The molecule has 0 aromatic heterocycles. The van der Waals surface area contributed by atoms with Crippen molar-refractivity contribution >= 4 is 0 Å². The molecule has 2 heteroatoms. The summed E-state index contributed by atoms with van der Waals surface area (Å²) in [6.45, 7) is 0.680. The van der Waals surface area contributed by atoms with E-state index in [1.807, 2.05) is 12.1 Å². The van der Waals surface area contributed by atoms with E-state index >= 15 is 0 Å². The molecule has 0 radical (unpaired) electrons. The molecule has 1 atom stereocenters. The van der Waals surface area contributed by atoms with Crippen LogP contribution in [0.2, 0.25) is 0 Å². The van der Waals surface area contributed by atoms with Gasteiger partial charge in [-0.05, 0) is 36.4 Å². The average Bonchev–Trinajstić information content (AvgIpc) is 2.39. The van der Waals surface area contributed by atoms with E-state index < -0.39 is 0 Å². The third-order valence-electron chi connectivity index (χ3n) is 4.06. The summed E-state index contributed by atoms with van der Waals surface area (Å²) in [6, 6.07) is 7.09. The lowest BCUT2D eigenvalue weighted by Gasteiger charge is -2.29. The number of hydrogen-bond donors (Lipinski definition) is 1. The summed E-state index contributed by atoms with van der Waals surface area (Å²) < 4.78 is 13.6. The van der Waals surface area contributed by atoms with Crippen molar-refractivity contribution in [3.63, 3.8) is 0 Å². The number of rotatable bonds is 4. The van der Waals surface area contributed by atoms with E-state index in [4.69, 9.17) is 5.73 Å². The lowest BCUT2D eigenvalue weighted by atomic mass is 9.77. The summed E-state index contributed by atoms with van der Waals surface area (Å²) in [7, 11) is 0. The SMILES string of the molecule is NCC(Cc1ccccc1F)C1CCCCC1. The van der Waals surface area contributed by atoms with Crippen LogP contribution < -0.4 is 5.73 Å². The van der Waals surface area contributed by atoms with Crippen LogP contribution in [0.5, 0.6) is 0 Å². The minimum Gasteiger partial charge on any atom is -0.330 e. The van der Waals surface area contributed by atoms with Gasteiger partial charge in [0.2, 0.25) is 0 Å². The Bertz CT molecular complexity index is 345. The van der Waals surface area contributed by atoms with E-state index in [2.05, 4.69) is 0 Å².